The molecule has 1 aromatic heterocycles. The number of nitrogens with zero attached hydrogens (tertiary/aromatic N) is 2. The van der Waals surface area contributed by atoms with Gasteiger partial charge in [-0.2, -0.15) is 0 Å². The van der Waals surface area contributed by atoms with E-state index in [1.807, 2.05) is 16.8 Å². The molecule has 64 valence electrons. The van der Waals surface area contributed by atoms with Gasteiger partial charge in [0.1, 0.15) is 0 Å². The van der Waals surface area contributed by atoms with E-state index in [1.54, 1.807) is 12.5 Å². The maximum Gasteiger partial charge on any atom is 0.0988 e. The predicted octanol–water partition coefficient (Wildman–Crippen LogP) is 2.57. The molecule has 0 fully saturated rings. The summed E-state index contributed by atoms with van der Waals surface area (Å²) < 4.78 is 1.93. The highest BCUT2D eigenvalue weighted by atomic mass is 15.0. The Morgan fingerprint density at radius 3 is 3.00 bits per heavy atom. The van der Waals surface area contributed by atoms with Crippen LogP contribution >= 0.6 is 0 Å². The fourth-order valence-electron chi connectivity index (χ4n) is 1.01. The quantitative estimate of drug-likeness (QED) is 0.622. The summed E-state index contributed by atoms with van der Waals surface area (Å²) in [6.45, 7) is 9.81. The summed E-state index contributed by atoms with van der Waals surface area (Å²) in [6, 6.07) is 0. The normalized spacial score (nSPS) is 12.4. The third kappa shape index (κ3) is 2.09. The fourth-order valence-corrected chi connectivity index (χ4v) is 1.01. The lowest BCUT2D eigenvalue weighted by Gasteiger charge is -2.09. The molecule has 0 spiro atoms. The van der Waals surface area contributed by atoms with Crippen molar-refractivity contribution in [3.63, 3.8) is 0 Å². The van der Waals surface area contributed by atoms with E-state index in [2.05, 4.69) is 25.1 Å². The maximum atomic E-state index is 3.96. The van der Waals surface area contributed by atoms with Crippen LogP contribution in [0.3, 0.4) is 0 Å². The van der Waals surface area contributed by atoms with Gasteiger partial charge in [0.2, 0.25) is 0 Å². The van der Waals surface area contributed by atoms with Crippen LogP contribution in [0.1, 0.15) is 13.3 Å². The summed E-state index contributed by atoms with van der Waals surface area (Å²) in [5, 5.41) is 0. The Kier molecular flexibility index (Phi) is 2.86. The predicted molar refractivity (Wildman–Crippen MR) is 51.5 cm³/mol. The second-order valence-corrected chi connectivity index (χ2v) is 2.95. The van der Waals surface area contributed by atoms with Gasteiger partial charge in [-0.25, -0.2) is 4.98 Å². The maximum absolute atomic E-state index is 3.96. The monoisotopic (exact) mass is 162 g/mol. The van der Waals surface area contributed by atoms with Crippen molar-refractivity contribution in [2.75, 3.05) is 0 Å². The molecule has 1 rings (SSSR count). The molecule has 2 heteroatoms. The molecule has 1 heterocycles. The molecule has 0 aliphatic rings. The lowest BCUT2D eigenvalue weighted by molar-refractivity contribution is 0.734. The van der Waals surface area contributed by atoms with Crippen molar-refractivity contribution >= 4 is 5.70 Å². The molecule has 0 saturated heterocycles. The van der Waals surface area contributed by atoms with Gasteiger partial charge >= 0.3 is 0 Å². The first-order chi connectivity index (χ1) is 5.74. The molecule has 0 aromatic carbocycles. The van der Waals surface area contributed by atoms with E-state index in [9.17, 15) is 0 Å². The smallest absolute Gasteiger partial charge is 0.0988 e. The third-order valence-corrected chi connectivity index (χ3v) is 1.83. The van der Waals surface area contributed by atoms with Gasteiger partial charge in [0.15, 0.2) is 0 Å². The van der Waals surface area contributed by atoms with Gasteiger partial charge in [-0.15, -0.1) is 6.58 Å². The minimum atomic E-state index is 0.472. The highest BCUT2D eigenvalue weighted by Gasteiger charge is 2.00. The minimum Gasteiger partial charge on any atom is -0.311 e. The molecule has 1 aromatic rings. The number of imidazole rings is 1. The van der Waals surface area contributed by atoms with Crippen molar-refractivity contribution in [3.8, 4) is 0 Å². The first kappa shape index (κ1) is 8.78. The molecule has 0 N–H and O–H groups in total. The molecule has 0 bridgehead atoms. The molecular weight excluding hydrogens is 148 g/mol. The van der Waals surface area contributed by atoms with Gasteiger partial charge in [0.05, 0.1) is 6.33 Å². The molecule has 1 atom stereocenters. The van der Waals surface area contributed by atoms with Gasteiger partial charge in [-0.1, -0.05) is 19.6 Å². The summed E-state index contributed by atoms with van der Waals surface area (Å²) in [5.74, 6) is 0.472. The van der Waals surface area contributed by atoms with E-state index >= 15 is 0 Å². The largest absolute Gasteiger partial charge is 0.311 e. The Morgan fingerprint density at radius 1 is 1.75 bits per heavy atom. The van der Waals surface area contributed by atoms with Crippen LogP contribution in [0.25, 0.3) is 5.70 Å². The van der Waals surface area contributed by atoms with Crippen molar-refractivity contribution in [2.24, 2.45) is 5.92 Å². The van der Waals surface area contributed by atoms with Crippen molar-refractivity contribution < 1.29 is 0 Å². The molecule has 0 aliphatic heterocycles. The molecule has 0 saturated carbocycles. The standard InChI is InChI=1S/C10H14N2/c1-4-9(2)7-10(3)12-6-5-11-8-12/h4-6,8-9H,1,3,7H2,2H3. The lowest BCUT2D eigenvalue weighted by atomic mass is 10.1. The second kappa shape index (κ2) is 3.90. The molecular formula is C10H14N2. The van der Waals surface area contributed by atoms with Crippen molar-refractivity contribution in [2.45, 2.75) is 13.3 Å². The third-order valence-electron chi connectivity index (χ3n) is 1.83. The second-order valence-electron chi connectivity index (χ2n) is 2.95. The van der Waals surface area contributed by atoms with Gasteiger partial charge < -0.3 is 4.57 Å². The molecule has 0 amide bonds. The summed E-state index contributed by atoms with van der Waals surface area (Å²) in [7, 11) is 0. The lowest BCUT2D eigenvalue weighted by Crippen LogP contribution is -1.97. The van der Waals surface area contributed by atoms with E-state index in [0.717, 1.165) is 12.1 Å². The number of hydrogen-bond acceptors (Lipinski definition) is 1. The van der Waals surface area contributed by atoms with Crippen LogP contribution in [0.15, 0.2) is 38.0 Å². The van der Waals surface area contributed by atoms with Crippen molar-refractivity contribution in [1.29, 1.82) is 0 Å². The van der Waals surface area contributed by atoms with Crippen LogP contribution in [-0.4, -0.2) is 9.55 Å². The summed E-state index contributed by atoms with van der Waals surface area (Å²) in [4.78, 5) is 3.95. The minimum absolute atomic E-state index is 0.472. The Morgan fingerprint density at radius 2 is 2.50 bits per heavy atom. The molecule has 2 nitrogen and oxygen atoms in total. The van der Waals surface area contributed by atoms with Gasteiger partial charge in [-0.05, 0) is 12.3 Å². The first-order valence-electron chi connectivity index (χ1n) is 4.02. The first-order valence-corrected chi connectivity index (χ1v) is 4.02. The fraction of sp³-hybridized carbons (Fsp3) is 0.300. The Labute approximate surface area is 73.2 Å². The van der Waals surface area contributed by atoms with Crippen LogP contribution in [0, 0.1) is 5.92 Å². The summed E-state index contributed by atoms with van der Waals surface area (Å²) in [5.41, 5.74) is 1.06. The van der Waals surface area contributed by atoms with E-state index in [-0.39, 0.29) is 0 Å². The van der Waals surface area contributed by atoms with Gasteiger partial charge in [0, 0.05) is 18.1 Å². The summed E-state index contributed by atoms with van der Waals surface area (Å²) in [6.07, 6.45) is 8.28. The zero-order chi connectivity index (χ0) is 8.97. The molecule has 1 unspecified atom stereocenters. The van der Waals surface area contributed by atoms with E-state index in [4.69, 9.17) is 0 Å². The topological polar surface area (TPSA) is 17.8 Å². The zero-order valence-electron chi connectivity index (χ0n) is 7.40. The number of aromatic nitrogens is 2. The Hall–Kier alpha value is -1.31. The van der Waals surface area contributed by atoms with Crippen LogP contribution in [0.5, 0.6) is 0 Å². The van der Waals surface area contributed by atoms with Gasteiger partial charge in [-0.3, -0.25) is 0 Å². The van der Waals surface area contributed by atoms with E-state index < -0.39 is 0 Å². The van der Waals surface area contributed by atoms with E-state index in [0.29, 0.717) is 5.92 Å². The average molecular weight is 162 g/mol. The van der Waals surface area contributed by atoms with Crippen molar-refractivity contribution in [3.05, 3.63) is 38.0 Å². The number of allylic oxidation sites excluding steroid dienone is 2. The van der Waals surface area contributed by atoms with Crippen LogP contribution in [0.4, 0.5) is 0 Å². The SMILES string of the molecule is C=CC(C)CC(=C)n1ccnc1. The Balaban J connectivity index is 2.55. The summed E-state index contributed by atoms with van der Waals surface area (Å²) >= 11 is 0. The van der Waals surface area contributed by atoms with Gasteiger partial charge in [0.25, 0.3) is 0 Å². The highest BCUT2D eigenvalue weighted by molar-refractivity contribution is 5.41. The van der Waals surface area contributed by atoms with E-state index in [1.165, 1.54) is 0 Å². The number of hydrogen-bond donors (Lipinski definition) is 0. The van der Waals surface area contributed by atoms with Crippen LogP contribution in [0.2, 0.25) is 0 Å². The Bertz CT molecular complexity index is 259. The molecule has 0 radical (unpaired) electrons. The number of rotatable bonds is 4. The zero-order valence-corrected chi connectivity index (χ0v) is 7.40. The molecule has 0 aliphatic carbocycles. The average Bonchev–Trinajstić information content (AvgIpc) is 2.56. The van der Waals surface area contributed by atoms with Crippen molar-refractivity contribution in [1.82, 2.24) is 9.55 Å². The highest BCUT2D eigenvalue weighted by Crippen LogP contribution is 2.14. The van der Waals surface area contributed by atoms with Crippen LogP contribution in [-0.2, 0) is 0 Å². The molecule has 12 heavy (non-hydrogen) atoms. The van der Waals surface area contributed by atoms with Crippen LogP contribution < -0.4 is 0 Å².